The SMILES string of the molecule is Cc1cccc(OC(C)C(=O)NNC(=O)c2ccc(NC(=O)c3ccccc3C)cc2)c1. The highest BCUT2D eigenvalue weighted by Gasteiger charge is 2.16. The van der Waals surface area contributed by atoms with Gasteiger partial charge in [-0.3, -0.25) is 25.2 Å². The minimum atomic E-state index is -0.795. The minimum absolute atomic E-state index is 0.227. The number of nitrogens with one attached hydrogen (secondary N) is 3. The molecule has 0 aromatic heterocycles. The summed E-state index contributed by atoms with van der Waals surface area (Å²) in [6, 6.07) is 21.0. The second-order valence-corrected chi connectivity index (χ2v) is 7.37. The van der Waals surface area contributed by atoms with Gasteiger partial charge in [-0.25, -0.2) is 0 Å². The van der Waals surface area contributed by atoms with E-state index in [1.807, 2.05) is 44.2 Å². The number of carbonyl (C=O) groups is 3. The van der Waals surface area contributed by atoms with E-state index in [0.717, 1.165) is 11.1 Å². The van der Waals surface area contributed by atoms with Gasteiger partial charge in [0.05, 0.1) is 0 Å². The lowest BCUT2D eigenvalue weighted by Crippen LogP contribution is -2.47. The average Bonchev–Trinajstić information content (AvgIpc) is 2.78. The molecular weight excluding hydrogens is 406 g/mol. The van der Waals surface area contributed by atoms with Crippen molar-refractivity contribution in [3.63, 3.8) is 0 Å². The Balaban J connectivity index is 1.51. The number of anilines is 1. The Labute approximate surface area is 186 Å². The van der Waals surface area contributed by atoms with Gasteiger partial charge in [0.25, 0.3) is 17.7 Å². The molecule has 1 atom stereocenters. The van der Waals surface area contributed by atoms with Crippen LogP contribution in [-0.2, 0) is 4.79 Å². The first-order chi connectivity index (χ1) is 15.3. The second-order valence-electron chi connectivity index (χ2n) is 7.37. The fraction of sp³-hybridized carbons (Fsp3) is 0.160. The predicted octanol–water partition coefficient (Wildman–Crippen LogP) is 3.78. The van der Waals surface area contributed by atoms with Gasteiger partial charge in [-0.15, -0.1) is 0 Å². The number of rotatable bonds is 6. The summed E-state index contributed by atoms with van der Waals surface area (Å²) in [5.41, 5.74) is 8.07. The van der Waals surface area contributed by atoms with Crippen molar-refractivity contribution in [3.05, 3.63) is 95.1 Å². The van der Waals surface area contributed by atoms with E-state index < -0.39 is 17.9 Å². The molecule has 0 aliphatic rings. The molecule has 32 heavy (non-hydrogen) atoms. The van der Waals surface area contributed by atoms with Crippen LogP contribution in [0, 0.1) is 13.8 Å². The molecule has 3 aromatic rings. The maximum Gasteiger partial charge on any atom is 0.279 e. The maximum atomic E-state index is 12.4. The lowest BCUT2D eigenvalue weighted by atomic mass is 10.1. The molecule has 3 rings (SSSR count). The number of carbonyl (C=O) groups excluding carboxylic acids is 3. The van der Waals surface area contributed by atoms with E-state index in [1.165, 1.54) is 0 Å². The zero-order valence-corrected chi connectivity index (χ0v) is 18.1. The number of hydrogen-bond donors (Lipinski definition) is 3. The highest BCUT2D eigenvalue weighted by atomic mass is 16.5. The summed E-state index contributed by atoms with van der Waals surface area (Å²) in [6.07, 6.45) is -0.795. The molecule has 0 saturated carbocycles. The van der Waals surface area contributed by atoms with Crippen LogP contribution in [0.1, 0.15) is 38.8 Å². The smallest absolute Gasteiger partial charge is 0.279 e. The van der Waals surface area contributed by atoms with Crippen LogP contribution in [0.5, 0.6) is 5.75 Å². The van der Waals surface area contributed by atoms with Crippen molar-refractivity contribution in [3.8, 4) is 5.75 Å². The zero-order valence-electron chi connectivity index (χ0n) is 18.1. The molecule has 0 bridgehead atoms. The van der Waals surface area contributed by atoms with E-state index in [9.17, 15) is 14.4 Å². The van der Waals surface area contributed by atoms with Gasteiger partial charge in [0, 0.05) is 16.8 Å². The molecule has 3 aromatic carbocycles. The molecule has 0 aliphatic heterocycles. The van der Waals surface area contributed by atoms with Gasteiger partial charge >= 0.3 is 0 Å². The molecule has 1 unspecified atom stereocenters. The van der Waals surface area contributed by atoms with Crippen LogP contribution in [0.25, 0.3) is 0 Å². The molecule has 3 N–H and O–H groups in total. The summed E-state index contributed by atoms with van der Waals surface area (Å²) in [7, 11) is 0. The largest absolute Gasteiger partial charge is 0.481 e. The molecule has 0 fully saturated rings. The van der Waals surface area contributed by atoms with Gasteiger partial charge in [0.15, 0.2) is 6.10 Å². The molecule has 7 nitrogen and oxygen atoms in total. The Bertz CT molecular complexity index is 1130. The normalized spacial score (nSPS) is 11.2. The number of aryl methyl sites for hydroxylation is 2. The van der Waals surface area contributed by atoms with Crippen molar-refractivity contribution >= 4 is 23.4 Å². The van der Waals surface area contributed by atoms with Gasteiger partial charge < -0.3 is 10.1 Å². The Morgan fingerprint density at radius 1 is 0.812 bits per heavy atom. The van der Waals surface area contributed by atoms with Gasteiger partial charge in [-0.05, 0) is 74.4 Å². The van der Waals surface area contributed by atoms with E-state index in [4.69, 9.17) is 4.74 Å². The standard InChI is InChI=1S/C25H25N3O4/c1-16-7-6-9-21(15-16)32-18(3)23(29)27-28-24(30)19-11-13-20(14-12-19)26-25(31)22-10-5-4-8-17(22)2/h4-15,18H,1-3H3,(H,26,31)(H,27,29)(H,28,30). The van der Waals surface area contributed by atoms with Crippen molar-refractivity contribution in [2.75, 3.05) is 5.32 Å². The maximum absolute atomic E-state index is 12.4. The molecule has 0 saturated heterocycles. The predicted molar refractivity (Wildman–Crippen MR) is 122 cm³/mol. The van der Waals surface area contributed by atoms with Crippen molar-refractivity contribution < 1.29 is 19.1 Å². The van der Waals surface area contributed by atoms with Crippen LogP contribution in [-0.4, -0.2) is 23.8 Å². The summed E-state index contributed by atoms with van der Waals surface area (Å²) in [5.74, 6) is -0.627. The van der Waals surface area contributed by atoms with Crippen LogP contribution in [0.2, 0.25) is 0 Å². The number of hydrogen-bond acceptors (Lipinski definition) is 4. The lowest BCUT2D eigenvalue weighted by Gasteiger charge is -2.15. The molecule has 0 heterocycles. The average molecular weight is 431 g/mol. The first kappa shape index (κ1) is 22.6. The topological polar surface area (TPSA) is 96.5 Å². The number of ether oxygens (including phenoxy) is 1. The van der Waals surface area contributed by atoms with Gasteiger partial charge in [0.2, 0.25) is 0 Å². The van der Waals surface area contributed by atoms with Crippen molar-refractivity contribution in [1.29, 1.82) is 0 Å². The molecule has 0 radical (unpaired) electrons. The Kier molecular flexibility index (Phi) is 7.23. The van der Waals surface area contributed by atoms with E-state index in [-0.39, 0.29) is 5.91 Å². The Morgan fingerprint density at radius 2 is 1.53 bits per heavy atom. The van der Waals surface area contributed by atoms with Crippen molar-refractivity contribution in [2.24, 2.45) is 0 Å². The van der Waals surface area contributed by atoms with Crippen LogP contribution in [0.4, 0.5) is 5.69 Å². The quantitative estimate of drug-likeness (QED) is 0.518. The number of benzene rings is 3. The van der Waals surface area contributed by atoms with Crippen molar-refractivity contribution in [1.82, 2.24) is 10.9 Å². The summed E-state index contributed by atoms with van der Waals surface area (Å²) >= 11 is 0. The molecule has 164 valence electrons. The molecule has 3 amide bonds. The van der Waals surface area contributed by atoms with Crippen molar-refractivity contribution in [2.45, 2.75) is 26.9 Å². The third-order valence-corrected chi connectivity index (χ3v) is 4.77. The van der Waals surface area contributed by atoms with Gasteiger partial charge in [-0.2, -0.15) is 0 Å². The second kappa shape index (κ2) is 10.3. The number of amides is 3. The molecular formula is C25H25N3O4. The van der Waals surface area contributed by atoms with Gasteiger partial charge in [-0.1, -0.05) is 30.3 Å². The number of hydrazine groups is 1. The van der Waals surface area contributed by atoms with Crippen LogP contribution < -0.4 is 20.9 Å². The third kappa shape index (κ3) is 5.95. The van der Waals surface area contributed by atoms with Crippen LogP contribution in [0.15, 0.2) is 72.8 Å². The Hall–Kier alpha value is -4.13. The van der Waals surface area contributed by atoms with E-state index >= 15 is 0 Å². The Morgan fingerprint density at radius 3 is 2.22 bits per heavy atom. The van der Waals surface area contributed by atoms with E-state index in [0.29, 0.717) is 22.6 Å². The summed E-state index contributed by atoms with van der Waals surface area (Å²) in [4.78, 5) is 36.9. The fourth-order valence-electron chi connectivity index (χ4n) is 2.97. The summed E-state index contributed by atoms with van der Waals surface area (Å²) in [5, 5.41) is 2.80. The first-order valence-corrected chi connectivity index (χ1v) is 10.1. The van der Waals surface area contributed by atoms with Crippen LogP contribution in [0.3, 0.4) is 0 Å². The molecule has 0 aliphatic carbocycles. The first-order valence-electron chi connectivity index (χ1n) is 10.1. The zero-order chi connectivity index (χ0) is 23.1. The molecule has 0 spiro atoms. The van der Waals surface area contributed by atoms with Gasteiger partial charge in [0.1, 0.15) is 5.75 Å². The molecule has 7 heteroatoms. The highest BCUT2D eigenvalue weighted by molar-refractivity contribution is 6.05. The fourth-order valence-corrected chi connectivity index (χ4v) is 2.97. The minimum Gasteiger partial charge on any atom is -0.481 e. The summed E-state index contributed by atoms with van der Waals surface area (Å²) in [6.45, 7) is 5.39. The van der Waals surface area contributed by atoms with E-state index in [1.54, 1.807) is 49.4 Å². The third-order valence-electron chi connectivity index (χ3n) is 4.77. The highest BCUT2D eigenvalue weighted by Crippen LogP contribution is 2.15. The van der Waals surface area contributed by atoms with E-state index in [2.05, 4.69) is 16.2 Å². The summed E-state index contributed by atoms with van der Waals surface area (Å²) < 4.78 is 5.59. The lowest BCUT2D eigenvalue weighted by molar-refractivity contribution is -0.128. The monoisotopic (exact) mass is 431 g/mol. The van der Waals surface area contributed by atoms with Crippen LogP contribution >= 0.6 is 0 Å².